The van der Waals surface area contributed by atoms with Gasteiger partial charge < -0.3 is 9.47 Å². The van der Waals surface area contributed by atoms with Crippen LogP contribution in [0.5, 0.6) is 5.75 Å². The van der Waals surface area contributed by atoms with E-state index in [-0.39, 0.29) is 12.2 Å². The fourth-order valence-corrected chi connectivity index (χ4v) is 5.70. The number of methoxy groups -OCH3 is 1. The van der Waals surface area contributed by atoms with Crippen LogP contribution in [0.4, 0.5) is 0 Å². The lowest BCUT2D eigenvalue weighted by Gasteiger charge is -2.25. The number of hydrogen-bond acceptors (Lipinski definition) is 6. The van der Waals surface area contributed by atoms with Gasteiger partial charge >= 0.3 is 5.97 Å². The number of halogens is 1. The van der Waals surface area contributed by atoms with Crippen molar-refractivity contribution in [1.29, 1.82) is 0 Å². The molecule has 0 saturated carbocycles. The van der Waals surface area contributed by atoms with E-state index in [1.54, 1.807) is 25.5 Å². The maximum Gasteiger partial charge on any atom is 0.338 e. The molecule has 0 unspecified atom stereocenters. The first-order valence-electron chi connectivity index (χ1n) is 11.4. The standard InChI is InChI=1S/C27H27BrN2O4S/c1-6-34-26(32)23-16(4)29-27-30(24(23)19-10-8-18(9-11-19)15(2)3)25(31)22(35-27)14-17-7-12-21(33-5)20(28)13-17/h7-15,24H,6H2,1-5H3/b22-14-/t24-/m1/s1. The Kier molecular flexibility index (Phi) is 7.42. The monoisotopic (exact) mass is 554 g/mol. The topological polar surface area (TPSA) is 69.9 Å². The van der Waals surface area contributed by atoms with Gasteiger partial charge in [0.05, 0.1) is 40.0 Å². The highest BCUT2D eigenvalue weighted by atomic mass is 79.9. The number of allylic oxidation sites excluding steroid dienone is 1. The summed E-state index contributed by atoms with van der Waals surface area (Å²) >= 11 is 4.80. The Bertz CT molecular complexity index is 1480. The number of fused-ring (bicyclic) bond motifs is 1. The largest absolute Gasteiger partial charge is 0.496 e. The van der Waals surface area contributed by atoms with E-state index in [9.17, 15) is 9.59 Å². The number of nitrogens with zero attached hydrogens (tertiary/aromatic N) is 2. The van der Waals surface area contributed by atoms with E-state index in [1.807, 2.05) is 48.5 Å². The lowest BCUT2D eigenvalue weighted by atomic mass is 9.93. The third-order valence-electron chi connectivity index (χ3n) is 5.91. The van der Waals surface area contributed by atoms with Gasteiger partial charge in [-0.05, 0) is 70.6 Å². The molecule has 1 atom stereocenters. The minimum atomic E-state index is -0.615. The summed E-state index contributed by atoms with van der Waals surface area (Å²) in [5, 5.41) is 0. The highest BCUT2D eigenvalue weighted by Crippen LogP contribution is 2.31. The molecule has 0 spiro atoms. The van der Waals surface area contributed by atoms with Gasteiger partial charge in [-0.3, -0.25) is 9.36 Å². The van der Waals surface area contributed by atoms with Crippen LogP contribution in [-0.4, -0.2) is 24.3 Å². The molecule has 0 fully saturated rings. The smallest absolute Gasteiger partial charge is 0.338 e. The second-order valence-corrected chi connectivity index (χ2v) is 10.4. The van der Waals surface area contributed by atoms with Crippen molar-refractivity contribution < 1.29 is 14.3 Å². The summed E-state index contributed by atoms with van der Waals surface area (Å²) in [6.07, 6.45) is 1.83. The maximum atomic E-state index is 13.7. The van der Waals surface area contributed by atoms with Gasteiger partial charge in [0.1, 0.15) is 5.75 Å². The van der Waals surface area contributed by atoms with Crippen LogP contribution in [0.2, 0.25) is 0 Å². The summed E-state index contributed by atoms with van der Waals surface area (Å²) in [5.41, 5.74) is 3.61. The molecular weight excluding hydrogens is 528 g/mol. The number of benzene rings is 2. The normalized spacial score (nSPS) is 15.7. The first-order valence-corrected chi connectivity index (χ1v) is 13.0. The lowest BCUT2D eigenvalue weighted by Crippen LogP contribution is -2.39. The van der Waals surface area contributed by atoms with Crippen molar-refractivity contribution in [2.75, 3.05) is 13.7 Å². The van der Waals surface area contributed by atoms with Gasteiger partial charge in [-0.1, -0.05) is 55.5 Å². The first-order chi connectivity index (χ1) is 16.7. The fourth-order valence-electron chi connectivity index (χ4n) is 4.09. The quantitative estimate of drug-likeness (QED) is 0.414. The summed E-state index contributed by atoms with van der Waals surface area (Å²) in [7, 11) is 1.61. The van der Waals surface area contributed by atoms with E-state index >= 15 is 0 Å². The van der Waals surface area contributed by atoms with Crippen LogP contribution in [0.1, 0.15) is 56.3 Å². The molecule has 3 aromatic rings. The average molecular weight is 555 g/mol. The zero-order valence-electron chi connectivity index (χ0n) is 20.3. The molecule has 1 aromatic heterocycles. The predicted octanol–water partition coefficient (Wildman–Crippen LogP) is 4.69. The number of carbonyl (C=O) groups excluding carboxylic acids is 1. The lowest BCUT2D eigenvalue weighted by molar-refractivity contribution is -0.139. The number of esters is 1. The summed E-state index contributed by atoms with van der Waals surface area (Å²) in [6, 6.07) is 13.1. The highest BCUT2D eigenvalue weighted by molar-refractivity contribution is 9.10. The molecule has 0 radical (unpaired) electrons. The van der Waals surface area contributed by atoms with Crippen LogP contribution in [0.25, 0.3) is 6.08 Å². The second-order valence-electron chi connectivity index (χ2n) is 8.52. The Morgan fingerprint density at radius 1 is 1.23 bits per heavy atom. The van der Waals surface area contributed by atoms with Gasteiger partial charge in [-0.2, -0.15) is 0 Å². The van der Waals surface area contributed by atoms with Gasteiger partial charge in [0.25, 0.3) is 5.56 Å². The van der Waals surface area contributed by atoms with E-state index in [0.717, 1.165) is 15.6 Å². The molecule has 182 valence electrons. The maximum absolute atomic E-state index is 13.7. The van der Waals surface area contributed by atoms with Crippen LogP contribution in [0.3, 0.4) is 0 Å². The zero-order chi connectivity index (χ0) is 25.3. The fraction of sp³-hybridized carbons (Fsp3) is 0.296. The molecule has 0 aliphatic carbocycles. The van der Waals surface area contributed by atoms with Crippen LogP contribution >= 0.6 is 27.3 Å². The van der Waals surface area contributed by atoms with Crippen molar-refractivity contribution in [3.63, 3.8) is 0 Å². The molecule has 0 N–H and O–H groups in total. The van der Waals surface area contributed by atoms with E-state index in [2.05, 4.69) is 34.8 Å². The van der Waals surface area contributed by atoms with Crippen molar-refractivity contribution in [3.8, 4) is 5.75 Å². The Labute approximate surface area is 216 Å². The minimum Gasteiger partial charge on any atom is -0.496 e. The van der Waals surface area contributed by atoms with E-state index in [4.69, 9.17) is 9.47 Å². The van der Waals surface area contributed by atoms with Gasteiger partial charge in [0, 0.05) is 0 Å². The molecule has 1 aliphatic rings. The van der Waals surface area contributed by atoms with Crippen molar-refractivity contribution in [3.05, 3.63) is 94.6 Å². The second kappa shape index (κ2) is 10.3. The van der Waals surface area contributed by atoms with Gasteiger partial charge in [-0.15, -0.1) is 0 Å². The van der Waals surface area contributed by atoms with E-state index in [0.29, 0.717) is 32.3 Å². The molecule has 0 bridgehead atoms. The van der Waals surface area contributed by atoms with E-state index < -0.39 is 12.0 Å². The number of carbonyl (C=O) groups is 1. The predicted molar refractivity (Wildman–Crippen MR) is 142 cm³/mol. The molecule has 35 heavy (non-hydrogen) atoms. The molecule has 0 amide bonds. The van der Waals surface area contributed by atoms with Crippen LogP contribution < -0.4 is 19.6 Å². The van der Waals surface area contributed by atoms with Gasteiger partial charge in [-0.25, -0.2) is 9.79 Å². The Morgan fingerprint density at radius 2 is 1.94 bits per heavy atom. The van der Waals surface area contributed by atoms with E-state index in [1.165, 1.54) is 16.9 Å². The van der Waals surface area contributed by atoms with Crippen LogP contribution in [0, 0.1) is 0 Å². The third-order valence-corrected chi connectivity index (χ3v) is 7.51. The number of aromatic nitrogens is 1. The number of thiazole rings is 1. The van der Waals surface area contributed by atoms with Crippen molar-refractivity contribution >= 4 is 39.3 Å². The summed E-state index contributed by atoms with van der Waals surface area (Å²) < 4.78 is 13.6. The van der Waals surface area contributed by atoms with Crippen LogP contribution in [0.15, 0.2) is 68.0 Å². The van der Waals surface area contributed by atoms with Gasteiger partial charge in [0.15, 0.2) is 4.80 Å². The Balaban J connectivity index is 1.91. The highest BCUT2D eigenvalue weighted by Gasteiger charge is 2.33. The number of hydrogen-bond donors (Lipinski definition) is 0. The molecule has 2 aromatic carbocycles. The number of ether oxygens (including phenoxy) is 2. The summed E-state index contributed by atoms with van der Waals surface area (Å²) in [4.78, 5) is 31.9. The molecule has 0 saturated heterocycles. The summed E-state index contributed by atoms with van der Waals surface area (Å²) in [6.45, 7) is 8.06. The minimum absolute atomic E-state index is 0.201. The number of rotatable bonds is 6. The zero-order valence-corrected chi connectivity index (χ0v) is 22.7. The van der Waals surface area contributed by atoms with Gasteiger partial charge in [0.2, 0.25) is 0 Å². The molecule has 4 rings (SSSR count). The first kappa shape index (κ1) is 25.1. The molecular formula is C27H27BrN2O4S. The molecule has 6 nitrogen and oxygen atoms in total. The van der Waals surface area contributed by atoms with Crippen LogP contribution in [-0.2, 0) is 9.53 Å². The third kappa shape index (κ3) is 4.90. The van der Waals surface area contributed by atoms with Crippen molar-refractivity contribution in [2.24, 2.45) is 4.99 Å². The summed E-state index contributed by atoms with van der Waals surface area (Å²) in [5.74, 6) is 0.625. The molecule has 2 heterocycles. The van der Waals surface area contributed by atoms with Crippen molar-refractivity contribution in [2.45, 2.75) is 39.7 Å². The SMILES string of the molecule is CCOC(=O)C1=C(C)N=c2s/c(=C\c3ccc(OC)c(Br)c3)c(=O)n2[C@@H]1c1ccc(C(C)C)cc1. The molecule has 8 heteroatoms. The molecule has 1 aliphatic heterocycles. The average Bonchev–Trinajstić information content (AvgIpc) is 3.12. The van der Waals surface area contributed by atoms with Crippen molar-refractivity contribution in [1.82, 2.24) is 4.57 Å². The Morgan fingerprint density at radius 3 is 2.54 bits per heavy atom. The Hall–Kier alpha value is -2.97.